The van der Waals surface area contributed by atoms with Gasteiger partial charge in [0.1, 0.15) is 11.6 Å². The maximum atomic E-state index is 11.1. The molecule has 3 heterocycles. The van der Waals surface area contributed by atoms with Crippen molar-refractivity contribution < 1.29 is 4.42 Å². The molecule has 0 spiro atoms. The molecule has 0 aliphatic rings. The standard InChI is InChI=1S/C17H14ClN5O2/c18-12-4-2-1-3-11(12)13-5-6-14(25-13)16-19-8-10-23(16)9-7-15-20-17(24)22-21-15/h1-6,8,10H,7,9H2,(H2,20,21,22,24). The fraction of sp³-hybridized carbons (Fsp3) is 0.118. The van der Waals surface area contributed by atoms with E-state index in [0.717, 1.165) is 5.56 Å². The number of benzene rings is 1. The topological polar surface area (TPSA) is 92.5 Å². The lowest BCUT2D eigenvalue weighted by Crippen LogP contribution is -2.05. The van der Waals surface area contributed by atoms with Gasteiger partial charge in [0, 0.05) is 30.9 Å². The van der Waals surface area contributed by atoms with E-state index in [1.165, 1.54) is 0 Å². The van der Waals surface area contributed by atoms with Gasteiger partial charge in [-0.25, -0.2) is 14.9 Å². The molecular formula is C17H14ClN5O2. The van der Waals surface area contributed by atoms with Crippen molar-refractivity contribution >= 4 is 11.6 Å². The molecule has 126 valence electrons. The molecule has 0 aliphatic carbocycles. The molecule has 0 bridgehead atoms. The molecule has 7 nitrogen and oxygen atoms in total. The Labute approximate surface area is 147 Å². The third-order valence-corrected chi connectivity index (χ3v) is 4.15. The van der Waals surface area contributed by atoms with Crippen molar-refractivity contribution in [2.24, 2.45) is 0 Å². The normalized spacial score (nSPS) is 11.1. The minimum absolute atomic E-state index is 0.309. The molecule has 3 aromatic heterocycles. The molecular weight excluding hydrogens is 342 g/mol. The highest BCUT2D eigenvalue weighted by atomic mass is 35.5. The first-order valence-electron chi connectivity index (χ1n) is 7.70. The van der Waals surface area contributed by atoms with Crippen LogP contribution >= 0.6 is 11.6 Å². The molecule has 1 aromatic carbocycles. The number of furan rings is 1. The summed E-state index contributed by atoms with van der Waals surface area (Å²) in [5, 5.41) is 6.89. The SMILES string of the molecule is O=c1[nH]nc(CCn2ccnc2-c2ccc(-c3ccccc3Cl)o2)[nH]1. The summed E-state index contributed by atoms with van der Waals surface area (Å²) >= 11 is 6.22. The van der Waals surface area contributed by atoms with Gasteiger partial charge >= 0.3 is 5.69 Å². The van der Waals surface area contributed by atoms with Gasteiger partial charge in [0.25, 0.3) is 0 Å². The average Bonchev–Trinajstić information content (AvgIpc) is 3.33. The molecule has 4 aromatic rings. The van der Waals surface area contributed by atoms with E-state index >= 15 is 0 Å². The summed E-state index contributed by atoms with van der Waals surface area (Å²) < 4.78 is 7.89. The predicted molar refractivity (Wildman–Crippen MR) is 93.3 cm³/mol. The van der Waals surface area contributed by atoms with Crippen LogP contribution in [0.5, 0.6) is 0 Å². The maximum absolute atomic E-state index is 11.1. The van der Waals surface area contributed by atoms with E-state index in [2.05, 4.69) is 20.2 Å². The zero-order chi connectivity index (χ0) is 17.2. The number of hydrogen-bond acceptors (Lipinski definition) is 4. The number of hydrogen-bond donors (Lipinski definition) is 2. The van der Waals surface area contributed by atoms with Gasteiger partial charge < -0.3 is 8.98 Å². The van der Waals surface area contributed by atoms with Gasteiger partial charge in [-0.05, 0) is 24.3 Å². The van der Waals surface area contributed by atoms with Gasteiger partial charge in [-0.15, -0.1) is 0 Å². The summed E-state index contributed by atoms with van der Waals surface area (Å²) in [4.78, 5) is 18.1. The molecule has 2 N–H and O–H groups in total. The minimum atomic E-state index is -0.309. The Morgan fingerprint density at radius 1 is 1.16 bits per heavy atom. The Bertz CT molecular complexity index is 1060. The number of nitrogens with zero attached hydrogens (tertiary/aromatic N) is 3. The van der Waals surface area contributed by atoms with Crippen molar-refractivity contribution in [2.45, 2.75) is 13.0 Å². The van der Waals surface area contributed by atoms with Crippen LogP contribution in [0.3, 0.4) is 0 Å². The minimum Gasteiger partial charge on any atom is -0.453 e. The van der Waals surface area contributed by atoms with E-state index in [4.69, 9.17) is 16.0 Å². The molecule has 0 atom stereocenters. The molecule has 0 unspecified atom stereocenters. The first-order valence-corrected chi connectivity index (χ1v) is 8.08. The number of imidazole rings is 1. The fourth-order valence-electron chi connectivity index (χ4n) is 2.63. The molecule has 25 heavy (non-hydrogen) atoms. The summed E-state index contributed by atoms with van der Waals surface area (Å²) in [6, 6.07) is 11.3. The quantitative estimate of drug-likeness (QED) is 0.575. The summed E-state index contributed by atoms with van der Waals surface area (Å²) in [6.45, 7) is 0.609. The number of H-pyrrole nitrogens is 2. The van der Waals surface area contributed by atoms with Crippen LogP contribution in [0.2, 0.25) is 5.02 Å². The number of nitrogens with one attached hydrogen (secondary N) is 2. The summed E-state index contributed by atoms with van der Waals surface area (Å²) in [5.74, 6) is 2.64. The second-order valence-electron chi connectivity index (χ2n) is 5.46. The summed E-state index contributed by atoms with van der Waals surface area (Å²) in [5.41, 5.74) is 0.527. The maximum Gasteiger partial charge on any atom is 0.340 e. The fourth-order valence-corrected chi connectivity index (χ4v) is 2.86. The largest absolute Gasteiger partial charge is 0.453 e. The first kappa shape index (κ1) is 15.5. The van der Waals surface area contributed by atoms with Gasteiger partial charge in [-0.3, -0.25) is 4.98 Å². The van der Waals surface area contributed by atoms with E-state index < -0.39 is 0 Å². The third-order valence-electron chi connectivity index (χ3n) is 3.82. The van der Waals surface area contributed by atoms with E-state index in [1.54, 1.807) is 6.20 Å². The summed E-state index contributed by atoms with van der Waals surface area (Å²) in [6.07, 6.45) is 4.14. The van der Waals surface area contributed by atoms with E-state index in [1.807, 2.05) is 47.2 Å². The zero-order valence-electron chi connectivity index (χ0n) is 13.1. The van der Waals surface area contributed by atoms with Crippen LogP contribution in [0, 0.1) is 0 Å². The van der Waals surface area contributed by atoms with Crippen LogP contribution in [0.15, 0.2) is 58.0 Å². The van der Waals surface area contributed by atoms with Crippen LogP contribution in [-0.4, -0.2) is 24.7 Å². The van der Waals surface area contributed by atoms with Gasteiger partial charge in [-0.2, -0.15) is 5.10 Å². The Morgan fingerprint density at radius 2 is 2.00 bits per heavy atom. The van der Waals surface area contributed by atoms with Crippen molar-refractivity contribution in [2.75, 3.05) is 0 Å². The number of aromatic nitrogens is 5. The zero-order valence-corrected chi connectivity index (χ0v) is 13.8. The Balaban J connectivity index is 1.58. The van der Waals surface area contributed by atoms with Gasteiger partial charge in [0.05, 0.1) is 5.02 Å². The van der Waals surface area contributed by atoms with Crippen LogP contribution < -0.4 is 5.69 Å². The van der Waals surface area contributed by atoms with Crippen LogP contribution in [-0.2, 0) is 13.0 Å². The lowest BCUT2D eigenvalue weighted by Gasteiger charge is -2.05. The molecule has 0 radical (unpaired) electrons. The molecule has 0 saturated carbocycles. The number of aryl methyl sites for hydroxylation is 2. The number of rotatable bonds is 5. The Hall–Kier alpha value is -3.06. The lowest BCUT2D eigenvalue weighted by atomic mass is 10.2. The van der Waals surface area contributed by atoms with Crippen LogP contribution in [0.4, 0.5) is 0 Å². The molecule has 0 fully saturated rings. The Kier molecular flexibility index (Phi) is 3.99. The van der Waals surface area contributed by atoms with E-state index in [-0.39, 0.29) is 5.69 Å². The second-order valence-corrected chi connectivity index (χ2v) is 5.87. The monoisotopic (exact) mass is 355 g/mol. The lowest BCUT2D eigenvalue weighted by molar-refractivity contribution is 0.579. The van der Waals surface area contributed by atoms with Crippen molar-refractivity contribution in [3.63, 3.8) is 0 Å². The third kappa shape index (κ3) is 3.14. The number of halogens is 1. The van der Waals surface area contributed by atoms with Crippen molar-refractivity contribution in [1.82, 2.24) is 24.7 Å². The highest BCUT2D eigenvalue weighted by Gasteiger charge is 2.13. The van der Waals surface area contributed by atoms with Crippen molar-refractivity contribution in [1.29, 1.82) is 0 Å². The Morgan fingerprint density at radius 3 is 2.80 bits per heavy atom. The molecule has 0 saturated heterocycles. The smallest absolute Gasteiger partial charge is 0.340 e. The molecule has 0 aliphatic heterocycles. The summed E-state index contributed by atoms with van der Waals surface area (Å²) in [7, 11) is 0. The molecule has 0 amide bonds. The van der Waals surface area contributed by atoms with Crippen molar-refractivity contribution in [3.8, 4) is 22.9 Å². The molecule has 4 rings (SSSR count). The number of aromatic amines is 2. The van der Waals surface area contributed by atoms with Gasteiger partial charge in [0.15, 0.2) is 11.6 Å². The van der Waals surface area contributed by atoms with E-state index in [9.17, 15) is 4.79 Å². The van der Waals surface area contributed by atoms with E-state index in [0.29, 0.717) is 41.2 Å². The van der Waals surface area contributed by atoms with Crippen molar-refractivity contribution in [3.05, 3.63) is 70.1 Å². The highest BCUT2D eigenvalue weighted by molar-refractivity contribution is 6.33. The van der Waals surface area contributed by atoms with Crippen LogP contribution in [0.1, 0.15) is 5.82 Å². The average molecular weight is 356 g/mol. The molecule has 8 heteroatoms. The van der Waals surface area contributed by atoms with Gasteiger partial charge in [-0.1, -0.05) is 23.7 Å². The van der Waals surface area contributed by atoms with Gasteiger partial charge in [0.2, 0.25) is 0 Å². The second kappa shape index (κ2) is 6.45. The highest BCUT2D eigenvalue weighted by Crippen LogP contribution is 2.32. The predicted octanol–water partition coefficient (Wildman–Crippen LogP) is 3.12. The first-order chi connectivity index (χ1) is 12.2. The van der Waals surface area contributed by atoms with Crippen LogP contribution in [0.25, 0.3) is 22.9 Å².